The van der Waals surface area contributed by atoms with E-state index in [4.69, 9.17) is 0 Å². The zero-order chi connectivity index (χ0) is 16.4. The van der Waals surface area contributed by atoms with Crippen LogP contribution in [0.2, 0.25) is 0 Å². The maximum absolute atomic E-state index is 12.1. The molecular formula is C14H23NO6. The maximum Gasteiger partial charge on any atom is 0.326 e. The summed E-state index contributed by atoms with van der Waals surface area (Å²) >= 11 is 0. The molecule has 0 aromatic carbocycles. The average Bonchev–Trinajstić information content (AvgIpc) is 2.44. The highest BCUT2D eigenvalue weighted by Gasteiger charge is 2.44. The minimum absolute atomic E-state index is 0.129. The number of piperidine rings is 1. The molecule has 120 valence electrons. The highest BCUT2D eigenvalue weighted by molar-refractivity contribution is 6.38. The molecule has 0 bridgehead atoms. The summed E-state index contributed by atoms with van der Waals surface area (Å²) in [5.41, 5.74) is 0. The number of Topliss-reactive ketones (excluding diaryl/α,β-unsaturated/α-hetero) is 1. The SMILES string of the molecule is CCC(O)(O)C(=O)C(=O)N1CC[C@H](C(C)C)CC1C(=O)O. The first-order valence-electron chi connectivity index (χ1n) is 7.14. The van der Waals surface area contributed by atoms with Gasteiger partial charge in [0.25, 0.3) is 11.7 Å². The van der Waals surface area contributed by atoms with Crippen LogP contribution in [0.15, 0.2) is 0 Å². The molecule has 0 spiro atoms. The van der Waals surface area contributed by atoms with Gasteiger partial charge in [-0.15, -0.1) is 0 Å². The Hall–Kier alpha value is -1.47. The number of hydrogen-bond acceptors (Lipinski definition) is 5. The van der Waals surface area contributed by atoms with Crippen LogP contribution < -0.4 is 0 Å². The first-order chi connectivity index (χ1) is 9.61. The van der Waals surface area contributed by atoms with Crippen molar-refractivity contribution in [3.05, 3.63) is 0 Å². The highest BCUT2D eigenvalue weighted by Crippen LogP contribution is 2.29. The van der Waals surface area contributed by atoms with Gasteiger partial charge >= 0.3 is 5.97 Å². The molecule has 1 aliphatic heterocycles. The number of carboxylic acid groups (broad SMARTS) is 1. The van der Waals surface area contributed by atoms with Crippen LogP contribution in [-0.2, 0) is 14.4 Å². The fourth-order valence-corrected chi connectivity index (χ4v) is 2.54. The van der Waals surface area contributed by atoms with Gasteiger partial charge in [-0.3, -0.25) is 9.59 Å². The zero-order valence-electron chi connectivity index (χ0n) is 12.6. The predicted molar refractivity (Wildman–Crippen MR) is 73.2 cm³/mol. The van der Waals surface area contributed by atoms with Crippen molar-refractivity contribution in [2.45, 2.75) is 51.9 Å². The largest absolute Gasteiger partial charge is 0.480 e. The Labute approximate surface area is 123 Å². The minimum atomic E-state index is -2.74. The van der Waals surface area contributed by atoms with Crippen molar-refractivity contribution in [3.8, 4) is 0 Å². The number of amides is 1. The van der Waals surface area contributed by atoms with Gasteiger partial charge in [-0.25, -0.2) is 4.79 Å². The molecule has 0 aromatic rings. The van der Waals surface area contributed by atoms with Crippen LogP contribution in [0, 0.1) is 11.8 Å². The van der Waals surface area contributed by atoms with E-state index >= 15 is 0 Å². The monoisotopic (exact) mass is 301 g/mol. The molecule has 1 rings (SSSR count). The van der Waals surface area contributed by atoms with Crippen molar-refractivity contribution in [3.63, 3.8) is 0 Å². The summed E-state index contributed by atoms with van der Waals surface area (Å²) < 4.78 is 0. The zero-order valence-corrected chi connectivity index (χ0v) is 12.6. The fourth-order valence-electron chi connectivity index (χ4n) is 2.54. The number of carboxylic acids is 1. The second kappa shape index (κ2) is 6.53. The van der Waals surface area contributed by atoms with Gasteiger partial charge in [0.2, 0.25) is 5.79 Å². The molecule has 0 aliphatic carbocycles. The third kappa shape index (κ3) is 3.79. The topological polar surface area (TPSA) is 115 Å². The second-order valence-electron chi connectivity index (χ2n) is 5.88. The summed E-state index contributed by atoms with van der Waals surface area (Å²) in [6, 6.07) is -1.10. The Bertz CT molecular complexity index is 431. The molecule has 7 heteroatoms. The van der Waals surface area contributed by atoms with Gasteiger partial charge in [-0.1, -0.05) is 20.8 Å². The normalized spacial score (nSPS) is 23.2. The molecule has 1 aliphatic rings. The average molecular weight is 301 g/mol. The number of nitrogens with zero attached hydrogens (tertiary/aromatic N) is 1. The third-order valence-electron chi connectivity index (χ3n) is 4.18. The molecule has 0 aromatic heterocycles. The molecule has 2 atom stereocenters. The van der Waals surface area contributed by atoms with E-state index < -0.39 is 29.5 Å². The molecule has 1 heterocycles. The molecular weight excluding hydrogens is 278 g/mol. The summed E-state index contributed by atoms with van der Waals surface area (Å²) in [6.07, 6.45) is 0.524. The van der Waals surface area contributed by atoms with Gasteiger partial charge in [0, 0.05) is 13.0 Å². The quantitative estimate of drug-likeness (QED) is 0.486. The number of rotatable bonds is 5. The number of aliphatic carboxylic acids is 1. The van der Waals surface area contributed by atoms with Crippen LogP contribution in [0.1, 0.15) is 40.0 Å². The van der Waals surface area contributed by atoms with Crippen molar-refractivity contribution in [1.82, 2.24) is 4.90 Å². The molecule has 21 heavy (non-hydrogen) atoms. The smallest absolute Gasteiger partial charge is 0.326 e. The standard InChI is InChI=1S/C14H23NO6/c1-4-14(20,21)11(16)12(17)15-6-5-9(8(2)3)7-10(15)13(18)19/h8-10,20-21H,4-7H2,1-3H3,(H,18,19)/t9-,10?/m0/s1. The van der Waals surface area contributed by atoms with Crippen molar-refractivity contribution in [2.75, 3.05) is 6.54 Å². The van der Waals surface area contributed by atoms with Crippen LogP contribution in [0.5, 0.6) is 0 Å². The number of hydrogen-bond donors (Lipinski definition) is 3. The van der Waals surface area contributed by atoms with E-state index in [2.05, 4.69) is 0 Å². The number of aliphatic hydroxyl groups is 2. The van der Waals surface area contributed by atoms with Crippen LogP contribution in [0.3, 0.4) is 0 Å². The second-order valence-corrected chi connectivity index (χ2v) is 5.88. The summed E-state index contributed by atoms with van der Waals surface area (Å²) in [5, 5.41) is 28.2. The van der Waals surface area contributed by atoms with E-state index in [1.807, 2.05) is 13.8 Å². The van der Waals surface area contributed by atoms with Crippen molar-refractivity contribution in [2.24, 2.45) is 11.8 Å². The number of ketones is 1. The summed E-state index contributed by atoms with van der Waals surface area (Å²) in [5.74, 6) is -6.00. The van der Waals surface area contributed by atoms with Crippen molar-refractivity contribution >= 4 is 17.7 Å². The third-order valence-corrected chi connectivity index (χ3v) is 4.18. The van der Waals surface area contributed by atoms with Crippen molar-refractivity contribution < 1.29 is 29.7 Å². The van der Waals surface area contributed by atoms with E-state index in [-0.39, 0.29) is 31.2 Å². The highest BCUT2D eigenvalue weighted by atomic mass is 16.5. The number of carbonyl (C=O) groups is 3. The number of carbonyl (C=O) groups excluding carboxylic acids is 2. The van der Waals surface area contributed by atoms with E-state index in [1.54, 1.807) is 0 Å². The molecule has 1 saturated heterocycles. The molecule has 3 N–H and O–H groups in total. The molecule has 7 nitrogen and oxygen atoms in total. The Morgan fingerprint density at radius 1 is 1.29 bits per heavy atom. The van der Waals surface area contributed by atoms with E-state index in [0.29, 0.717) is 6.42 Å². The van der Waals surface area contributed by atoms with Crippen LogP contribution in [-0.4, -0.2) is 56.3 Å². The van der Waals surface area contributed by atoms with Gasteiger partial charge in [-0.2, -0.15) is 0 Å². The fraction of sp³-hybridized carbons (Fsp3) is 0.786. The predicted octanol–water partition coefficient (Wildman–Crippen LogP) is -0.00580. The summed E-state index contributed by atoms with van der Waals surface area (Å²) in [4.78, 5) is 36.2. The van der Waals surface area contributed by atoms with E-state index in [0.717, 1.165) is 4.90 Å². The summed E-state index contributed by atoms with van der Waals surface area (Å²) in [7, 11) is 0. The Morgan fingerprint density at radius 3 is 2.29 bits per heavy atom. The van der Waals surface area contributed by atoms with Crippen LogP contribution in [0.4, 0.5) is 0 Å². The van der Waals surface area contributed by atoms with E-state index in [9.17, 15) is 29.7 Å². The van der Waals surface area contributed by atoms with Crippen LogP contribution >= 0.6 is 0 Å². The van der Waals surface area contributed by atoms with Gasteiger partial charge in [-0.05, 0) is 24.7 Å². The van der Waals surface area contributed by atoms with Crippen molar-refractivity contribution in [1.29, 1.82) is 0 Å². The first kappa shape index (κ1) is 17.6. The lowest BCUT2D eigenvalue weighted by atomic mass is 9.82. The molecule has 1 unspecified atom stereocenters. The lowest BCUT2D eigenvalue weighted by molar-refractivity contribution is -0.190. The lowest BCUT2D eigenvalue weighted by Crippen LogP contribution is -2.56. The molecule has 1 amide bonds. The maximum atomic E-state index is 12.1. The van der Waals surface area contributed by atoms with Gasteiger partial charge in [0.1, 0.15) is 6.04 Å². The van der Waals surface area contributed by atoms with Gasteiger partial charge in [0.15, 0.2) is 0 Å². The Balaban J connectivity index is 2.93. The molecule has 0 saturated carbocycles. The molecule has 0 radical (unpaired) electrons. The Morgan fingerprint density at radius 2 is 1.86 bits per heavy atom. The van der Waals surface area contributed by atoms with Crippen LogP contribution in [0.25, 0.3) is 0 Å². The first-order valence-corrected chi connectivity index (χ1v) is 7.14. The molecule has 1 fully saturated rings. The minimum Gasteiger partial charge on any atom is -0.480 e. The van der Waals surface area contributed by atoms with Gasteiger partial charge in [0.05, 0.1) is 0 Å². The summed E-state index contributed by atoms with van der Waals surface area (Å²) in [6.45, 7) is 5.45. The van der Waals surface area contributed by atoms with Gasteiger partial charge < -0.3 is 20.2 Å². The number of likely N-dealkylation sites (tertiary alicyclic amines) is 1. The van der Waals surface area contributed by atoms with E-state index in [1.165, 1.54) is 6.92 Å². The Kier molecular flexibility index (Phi) is 5.47. The lowest BCUT2D eigenvalue weighted by Gasteiger charge is -2.38.